The second-order valence-electron chi connectivity index (χ2n) is 2.26. The van der Waals surface area contributed by atoms with E-state index in [0.717, 1.165) is 5.56 Å². The van der Waals surface area contributed by atoms with Crippen LogP contribution in [-0.4, -0.2) is 8.76 Å². The zero-order chi connectivity index (χ0) is 9.30. The first-order valence-corrected chi connectivity index (χ1v) is 4.95. The molecule has 0 saturated carbocycles. The minimum Gasteiger partial charge on any atom is -0.302 e. The van der Waals surface area contributed by atoms with Gasteiger partial charge in [-0.1, -0.05) is 29.3 Å². The second-order valence-corrected chi connectivity index (χ2v) is 3.95. The van der Waals surface area contributed by atoms with Crippen LogP contribution in [0.5, 0.6) is 0 Å². The van der Waals surface area contributed by atoms with Gasteiger partial charge in [-0.3, -0.25) is 0 Å². The molecule has 1 aromatic carbocycles. The molecule has 66 valence electrons. The quantitative estimate of drug-likeness (QED) is 0.746. The summed E-state index contributed by atoms with van der Waals surface area (Å²) in [5, 5.41) is 0.467. The van der Waals surface area contributed by atoms with E-state index in [-0.39, 0.29) is 14.9 Å². The Morgan fingerprint density at radius 1 is 1.42 bits per heavy atom. The van der Waals surface area contributed by atoms with E-state index in [2.05, 4.69) is 0 Å². The average molecular weight is 225 g/mol. The molecule has 0 fully saturated rings. The van der Waals surface area contributed by atoms with Gasteiger partial charge in [-0.25, -0.2) is 4.21 Å². The van der Waals surface area contributed by atoms with Gasteiger partial charge in [0.15, 0.2) is 11.1 Å². The highest BCUT2D eigenvalue weighted by Gasteiger charge is 2.12. The molecule has 1 aromatic rings. The van der Waals surface area contributed by atoms with Gasteiger partial charge in [0.1, 0.15) is 4.90 Å². The van der Waals surface area contributed by atoms with Gasteiger partial charge in [0.2, 0.25) is 0 Å². The van der Waals surface area contributed by atoms with E-state index >= 15 is 0 Å². The molecule has 0 aliphatic carbocycles. The molecule has 0 bridgehead atoms. The van der Waals surface area contributed by atoms with Gasteiger partial charge in [0.05, 0.1) is 10.0 Å². The van der Waals surface area contributed by atoms with E-state index in [1.54, 1.807) is 19.1 Å². The molecule has 1 N–H and O–H groups in total. The van der Waals surface area contributed by atoms with Crippen molar-refractivity contribution in [2.24, 2.45) is 0 Å². The van der Waals surface area contributed by atoms with Crippen molar-refractivity contribution in [3.63, 3.8) is 0 Å². The van der Waals surface area contributed by atoms with Crippen molar-refractivity contribution >= 4 is 34.3 Å². The molecule has 1 rings (SSSR count). The van der Waals surface area contributed by atoms with Crippen LogP contribution >= 0.6 is 23.2 Å². The predicted octanol–water partition coefficient (Wildman–Crippen LogP) is 2.88. The normalized spacial score (nSPS) is 13.0. The van der Waals surface area contributed by atoms with Crippen molar-refractivity contribution in [1.82, 2.24) is 0 Å². The van der Waals surface area contributed by atoms with Crippen molar-refractivity contribution in [2.45, 2.75) is 11.8 Å². The minimum absolute atomic E-state index is 0.0818. The molecular weight excluding hydrogens is 219 g/mol. The van der Waals surface area contributed by atoms with Gasteiger partial charge in [0, 0.05) is 0 Å². The zero-order valence-electron chi connectivity index (χ0n) is 6.17. The molecule has 1 unspecified atom stereocenters. The maximum absolute atomic E-state index is 10.7. The lowest BCUT2D eigenvalue weighted by Crippen LogP contribution is -1.92. The lowest BCUT2D eigenvalue weighted by atomic mass is 10.2. The Hall–Kier alpha value is -0.0900. The smallest absolute Gasteiger partial charge is 0.189 e. The first-order valence-electron chi connectivity index (χ1n) is 3.09. The molecule has 0 saturated heterocycles. The molecule has 0 aliphatic heterocycles. The SMILES string of the molecule is Cc1ccc(Cl)c(S(=O)O)c1Cl. The molecule has 0 spiro atoms. The van der Waals surface area contributed by atoms with Crippen molar-refractivity contribution in [3.05, 3.63) is 27.7 Å². The van der Waals surface area contributed by atoms with Crippen LogP contribution < -0.4 is 0 Å². The molecule has 0 aliphatic rings. The summed E-state index contributed by atoms with van der Waals surface area (Å²) < 4.78 is 19.6. The Kier molecular flexibility index (Phi) is 3.12. The average Bonchev–Trinajstić information content (AvgIpc) is 1.97. The van der Waals surface area contributed by atoms with Gasteiger partial charge >= 0.3 is 0 Å². The lowest BCUT2D eigenvalue weighted by molar-refractivity contribution is 0.564. The van der Waals surface area contributed by atoms with Crippen LogP contribution in [0.2, 0.25) is 10.0 Å². The Labute approximate surface area is 82.8 Å². The lowest BCUT2D eigenvalue weighted by Gasteiger charge is -2.04. The third-order valence-corrected chi connectivity index (χ3v) is 3.22. The molecule has 2 nitrogen and oxygen atoms in total. The largest absolute Gasteiger partial charge is 0.302 e. The zero-order valence-corrected chi connectivity index (χ0v) is 8.50. The van der Waals surface area contributed by atoms with E-state index in [0.29, 0.717) is 0 Å². The summed E-state index contributed by atoms with van der Waals surface area (Å²) in [5.41, 5.74) is 0.735. The van der Waals surface area contributed by atoms with E-state index in [1.165, 1.54) is 0 Å². The van der Waals surface area contributed by atoms with Crippen LogP contribution in [0.3, 0.4) is 0 Å². The number of benzene rings is 1. The summed E-state index contributed by atoms with van der Waals surface area (Å²) in [7, 11) is 0. The summed E-state index contributed by atoms with van der Waals surface area (Å²) in [6.45, 7) is 1.75. The summed E-state index contributed by atoms with van der Waals surface area (Å²) in [6, 6.07) is 3.24. The van der Waals surface area contributed by atoms with Crippen molar-refractivity contribution < 1.29 is 8.76 Å². The highest BCUT2D eigenvalue weighted by Crippen LogP contribution is 2.29. The summed E-state index contributed by atoms with van der Waals surface area (Å²) in [6.07, 6.45) is 0. The number of rotatable bonds is 1. The fraction of sp³-hybridized carbons (Fsp3) is 0.143. The Bertz CT molecular complexity index is 338. The standard InChI is InChI=1S/C7H6Cl2O2S/c1-4-2-3-5(8)7(6(4)9)12(10)11/h2-3H,1H3,(H,10,11). The fourth-order valence-corrected chi connectivity index (χ4v) is 2.11. The monoisotopic (exact) mass is 224 g/mol. The highest BCUT2D eigenvalue weighted by molar-refractivity contribution is 7.79. The molecule has 12 heavy (non-hydrogen) atoms. The van der Waals surface area contributed by atoms with Crippen LogP contribution in [0.15, 0.2) is 17.0 Å². The topological polar surface area (TPSA) is 37.3 Å². The molecule has 1 atom stereocenters. The van der Waals surface area contributed by atoms with E-state index in [4.69, 9.17) is 27.8 Å². The van der Waals surface area contributed by atoms with Crippen LogP contribution in [0.4, 0.5) is 0 Å². The van der Waals surface area contributed by atoms with Crippen LogP contribution in [0.1, 0.15) is 5.56 Å². The number of aryl methyl sites for hydroxylation is 1. The Morgan fingerprint density at radius 3 is 2.42 bits per heavy atom. The number of hydrogen-bond acceptors (Lipinski definition) is 1. The van der Waals surface area contributed by atoms with Gasteiger partial charge in [-0.05, 0) is 18.6 Å². The van der Waals surface area contributed by atoms with Crippen LogP contribution in [0.25, 0.3) is 0 Å². The Morgan fingerprint density at radius 2 is 2.00 bits per heavy atom. The maximum atomic E-state index is 10.7. The number of halogens is 2. The van der Waals surface area contributed by atoms with Gasteiger partial charge in [0.25, 0.3) is 0 Å². The van der Waals surface area contributed by atoms with E-state index in [9.17, 15) is 4.21 Å². The minimum atomic E-state index is -2.13. The summed E-state index contributed by atoms with van der Waals surface area (Å²) in [5.74, 6) is 0. The van der Waals surface area contributed by atoms with Crippen LogP contribution in [-0.2, 0) is 11.1 Å². The van der Waals surface area contributed by atoms with Crippen molar-refractivity contribution in [3.8, 4) is 0 Å². The van der Waals surface area contributed by atoms with E-state index < -0.39 is 11.1 Å². The molecule has 0 heterocycles. The van der Waals surface area contributed by atoms with Gasteiger partial charge in [-0.15, -0.1) is 0 Å². The summed E-state index contributed by atoms with van der Waals surface area (Å²) >= 11 is 9.29. The fourth-order valence-electron chi connectivity index (χ4n) is 0.791. The van der Waals surface area contributed by atoms with Gasteiger partial charge in [-0.2, -0.15) is 0 Å². The van der Waals surface area contributed by atoms with Crippen molar-refractivity contribution in [2.75, 3.05) is 0 Å². The molecule has 0 radical (unpaired) electrons. The highest BCUT2D eigenvalue weighted by atomic mass is 35.5. The molecule has 0 aromatic heterocycles. The number of hydrogen-bond donors (Lipinski definition) is 1. The maximum Gasteiger partial charge on any atom is 0.189 e. The molecule has 0 amide bonds. The molecule has 5 heteroatoms. The van der Waals surface area contributed by atoms with Gasteiger partial charge < -0.3 is 4.55 Å². The Balaban J connectivity index is 3.43. The second kappa shape index (κ2) is 3.75. The summed E-state index contributed by atoms with van der Waals surface area (Å²) in [4.78, 5) is 0.0818. The van der Waals surface area contributed by atoms with E-state index in [1.807, 2.05) is 0 Å². The van der Waals surface area contributed by atoms with Crippen LogP contribution in [0, 0.1) is 6.92 Å². The first kappa shape index (κ1) is 9.99. The third kappa shape index (κ3) is 1.80. The first-order chi connectivity index (χ1) is 5.54. The predicted molar refractivity (Wildman–Crippen MR) is 50.2 cm³/mol. The molecular formula is C7H6Cl2O2S. The van der Waals surface area contributed by atoms with Crippen molar-refractivity contribution in [1.29, 1.82) is 0 Å². The third-order valence-electron chi connectivity index (χ3n) is 1.42.